The van der Waals surface area contributed by atoms with E-state index in [1.54, 1.807) is 0 Å². The van der Waals surface area contributed by atoms with E-state index in [1.165, 1.54) is 0 Å². The summed E-state index contributed by atoms with van der Waals surface area (Å²) in [4.78, 5) is 18.4. The molecule has 0 aromatic rings. The second-order valence-electron chi connectivity index (χ2n) is 3.09. The van der Waals surface area contributed by atoms with Gasteiger partial charge >= 0.3 is 12.3 Å². The van der Waals surface area contributed by atoms with Crippen LogP contribution in [0.2, 0.25) is 0 Å². The molecule has 0 amide bonds. The maximum absolute atomic E-state index is 11.5. The third-order valence-corrected chi connectivity index (χ3v) is 2.03. The van der Waals surface area contributed by atoms with E-state index in [-0.39, 0.29) is 0 Å². The Kier molecular flexibility index (Phi) is 9.56. The van der Waals surface area contributed by atoms with Crippen LogP contribution in [0, 0.1) is 0 Å². The number of thiocarbonyl (C=S) groups is 2. The average Bonchev–Trinajstić information content (AvgIpc) is 2.29. The number of rotatable bonds is 8. The molecule has 94 valence electrons. The minimum absolute atomic E-state index is 0.491. The van der Waals surface area contributed by atoms with Crippen molar-refractivity contribution >= 4 is 40.7 Å². The van der Waals surface area contributed by atoms with Crippen molar-refractivity contribution in [2.45, 2.75) is 31.7 Å². The van der Waals surface area contributed by atoms with Gasteiger partial charge in [-0.15, -0.1) is 0 Å². The highest BCUT2D eigenvalue weighted by atomic mass is 32.1. The van der Waals surface area contributed by atoms with E-state index in [9.17, 15) is 4.79 Å². The van der Waals surface area contributed by atoms with Crippen molar-refractivity contribution in [2.75, 3.05) is 6.54 Å². The zero-order valence-corrected chi connectivity index (χ0v) is 10.8. The molecule has 8 heteroatoms. The lowest BCUT2D eigenvalue weighted by Crippen LogP contribution is -2.34. The Labute approximate surface area is 110 Å². The van der Waals surface area contributed by atoms with Crippen molar-refractivity contribution in [1.29, 1.82) is 0 Å². The molecular formula is C9H14N4O2S2. The standard InChI is InChI=1S/C9H14N4O2S2/c10-4-2-1-3-7(11)8(14)15-9(12-5-16)13-6-17/h7,9H,1-4,10-11H2/t7-/m0/s1. The molecule has 0 spiro atoms. The van der Waals surface area contributed by atoms with E-state index < -0.39 is 18.4 Å². The Bertz CT molecular complexity index is 320. The van der Waals surface area contributed by atoms with Gasteiger partial charge in [-0.1, -0.05) is 6.42 Å². The minimum atomic E-state index is -1.14. The van der Waals surface area contributed by atoms with Gasteiger partial charge in [0.1, 0.15) is 6.04 Å². The SMILES string of the molecule is NCCCC[C@H](N)C(=O)OC(N=C=S)N=C=S. The molecule has 0 rings (SSSR count). The minimum Gasteiger partial charge on any atom is -0.416 e. The van der Waals surface area contributed by atoms with Crippen LogP contribution >= 0.6 is 24.4 Å². The summed E-state index contributed by atoms with van der Waals surface area (Å²) in [5.41, 5.74) is 10.9. The van der Waals surface area contributed by atoms with Crippen LogP contribution in [0.3, 0.4) is 0 Å². The third-order valence-electron chi connectivity index (χ3n) is 1.82. The first kappa shape index (κ1) is 16.0. The molecule has 0 heterocycles. The van der Waals surface area contributed by atoms with Crippen molar-refractivity contribution in [3.63, 3.8) is 0 Å². The number of hydrogen-bond acceptors (Lipinski definition) is 8. The molecule has 0 radical (unpaired) electrons. The third kappa shape index (κ3) is 7.82. The van der Waals surface area contributed by atoms with E-state index in [0.717, 1.165) is 12.8 Å². The van der Waals surface area contributed by atoms with Gasteiger partial charge in [0.15, 0.2) is 0 Å². The van der Waals surface area contributed by atoms with Crippen molar-refractivity contribution in [3.05, 3.63) is 0 Å². The van der Waals surface area contributed by atoms with E-state index in [4.69, 9.17) is 16.2 Å². The Morgan fingerprint density at radius 1 is 1.29 bits per heavy atom. The van der Waals surface area contributed by atoms with Gasteiger partial charge in [0.2, 0.25) is 0 Å². The van der Waals surface area contributed by atoms with E-state index in [1.807, 2.05) is 10.3 Å². The van der Waals surface area contributed by atoms with Crippen LogP contribution in [0.15, 0.2) is 9.98 Å². The van der Waals surface area contributed by atoms with E-state index in [2.05, 4.69) is 34.4 Å². The fraction of sp³-hybridized carbons (Fsp3) is 0.667. The average molecular weight is 274 g/mol. The summed E-state index contributed by atoms with van der Waals surface area (Å²) < 4.78 is 4.84. The van der Waals surface area contributed by atoms with Crippen molar-refractivity contribution < 1.29 is 9.53 Å². The Balaban J connectivity index is 4.20. The fourth-order valence-corrected chi connectivity index (χ4v) is 1.17. The molecule has 0 saturated heterocycles. The second kappa shape index (κ2) is 10.2. The Hall–Kier alpha value is -1.01. The van der Waals surface area contributed by atoms with Gasteiger partial charge in [-0.05, 0) is 43.8 Å². The highest BCUT2D eigenvalue weighted by molar-refractivity contribution is 7.78. The summed E-state index contributed by atoms with van der Waals surface area (Å²) >= 11 is 8.74. The zero-order chi connectivity index (χ0) is 13.1. The molecule has 0 bridgehead atoms. The van der Waals surface area contributed by atoms with Crippen LogP contribution in [-0.2, 0) is 9.53 Å². The predicted octanol–water partition coefficient (Wildman–Crippen LogP) is 0.475. The highest BCUT2D eigenvalue weighted by Crippen LogP contribution is 2.03. The lowest BCUT2D eigenvalue weighted by atomic mass is 10.1. The molecule has 0 aromatic carbocycles. The summed E-state index contributed by atoms with van der Waals surface area (Å²) in [6, 6.07) is -0.732. The number of unbranched alkanes of at least 4 members (excludes halogenated alkanes) is 1. The fourth-order valence-electron chi connectivity index (χ4n) is 0.989. The Morgan fingerprint density at radius 2 is 1.88 bits per heavy atom. The summed E-state index contributed by atoms with van der Waals surface area (Å²) in [7, 11) is 0. The van der Waals surface area contributed by atoms with Crippen LogP contribution in [0.1, 0.15) is 19.3 Å². The molecule has 0 aliphatic rings. The largest absolute Gasteiger partial charge is 0.416 e. The molecule has 17 heavy (non-hydrogen) atoms. The first-order valence-corrected chi connectivity index (χ1v) is 5.77. The normalized spacial score (nSPS) is 12.8. The lowest BCUT2D eigenvalue weighted by Gasteiger charge is -2.12. The molecule has 4 N–H and O–H groups in total. The molecule has 6 nitrogen and oxygen atoms in total. The van der Waals surface area contributed by atoms with Gasteiger partial charge in [-0.3, -0.25) is 4.79 Å². The van der Waals surface area contributed by atoms with Gasteiger partial charge in [0, 0.05) is 0 Å². The second-order valence-corrected chi connectivity index (χ2v) is 3.46. The Morgan fingerprint density at radius 3 is 2.35 bits per heavy atom. The number of nitrogens with two attached hydrogens (primary N) is 2. The van der Waals surface area contributed by atoms with E-state index in [0.29, 0.717) is 13.0 Å². The summed E-state index contributed by atoms with van der Waals surface area (Å²) in [6.45, 7) is 0.564. The van der Waals surface area contributed by atoms with Crippen molar-refractivity contribution in [3.8, 4) is 0 Å². The van der Waals surface area contributed by atoms with Gasteiger partial charge in [-0.2, -0.15) is 9.98 Å². The number of hydrogen-bond donors (Lipinski definition) is 2. The van der Waals surface area contributed by atoms with Crippen LogP contribution in [0.25, 0.3) is 0 Å². The molecule has 0 fully saturated rings. The van der Waals surface area contributed by atoms with Crippen LogP contribution in [0.5, 0.6) is 0 Å². The van der Waals surface area contributed by atoms with Crippen molar-refractivity contribution in [2.24, 2.45) is 21.5 Å². The van der Waals surface area contributed by atoms with Crippen LogP contribution in [-0.4, -0.2) is 35.2 Å². The number of carbonyl (C=O) groups is 1. The quantitative estimate of drug-likeness (QED) is 0.289. The molecule has 0 aliphatic carbocycles. The first-order chi connectivity index (χ1) is 8.15. The lowest BCUT2D eigenvalue weighted by molar-refractivity contribution is -0.149. The van der Waals surface area contributed by atoms with E-state index >= 15 is 0 Å². The maximum atomic E-state index is 11.5. The van der Waals surface area contributed by atoms with Crippen LogP contribution < -0.4 is 11.5 Å². The molecular weight excluding hydrogens is 260 g/mol. The van der Waals surface area contributed by atoms with Gasteiger partial charge in [0.25, 0.3) is 0 Å². The number of aliphatic imine (C=N–C) groups is 2. The highest BCUT2D eigenvalue weighted by Gasteiger charge is 2.18. The molecule has 0 unspecified atom stereocenters. The molecule has 0 aliphatic heterocycles. The summed E-state index contributed by atoms with van der Waals surface area (Å²) in [6.07, 6.45) is 0.911. The van der Waals surface area contributed by atoms with Gasteiger partial charge in [-0.25, -0.2) is 0 Å². The topological polar surface area (TPSA) is 103 Å². The summed E-state index contributed by atoms with van der Waals surface area (Å²) in [5, 5.41) is 4.09. The number of esters is 1. The molecule has 0 saturated carbocycles. The number of isothiocyanates is 2. The maximum Gasteiger partial charge on any atom is 0.326 e. The number of ether oxygens (including phenoxy) is 1. The first-order valence-electron chi connectivity index (χ1n) is 4.95. The number of nitrogens with zero attached hydrogens (tertiary/aromatic N) is 2. The molecule has 1 atom stereocenters. The van der Waals surface area contributed by atoms with Gasteiger partial charge < -0.3 is 16.2 Å². The summed E-state index contributed by atoms with van der Waals surface area (Å²) in [5.74, 6) is -0.616. The number of carbonyl (C=O) groups excluding carboxylic acids is 1. The molecule has 0 aromatic heterocycles. The van der Waals surface area contributed by atoms with Gasteiger partial charge in [0.05, 0.1) is 10.3 Å². The van der Waals surface area contributed by atoms with Crippen LogP contribution in [0.4, 0.5) is 0 Å². The zero-order valence-electron chi connectivity index (χ0n) is 9.17. The monoisotopic (exact) mass is 274 g/mol. The predicted molar refractivity (Wildman–Crippen MR) is 70.8 cm³/mol. The smallest absolute Gasteiger partial charge is 0.326 e. The van der Waals surface area contributed by atoms with Crippen molar-refractivity contribution in [1.82, 2.24) is 0 Å².